The number of amides is 2. The maximum atomic E-state index is 13.5. The highest BCUT2D eigenvalue weighted by Crippen LogP contribution is 2.49. The number of azo groups is 2. The van der Waals surface area contributed by atoms with E-state index >= 15 is 0 Å². The van der Waals surface area contributed by atoms with Crippen LogP contribution in [0.5, 0.6) is 11.5 Å². The number of phenolic OH excluding ortho intramolecular Hbond substituents is 2. The second-order valence-electron chi connectivity index (χ2n) is 14.3. The fraction of sp³-hybridized carbons (Fsp3) is 0.0488. The minimum absolute atomic E-state index is 0.0557. The minimum Gasteiger partial charge on any atom is -0.505 e. The Morgan fingerprint density at radius 1 is 0.686 bits per heavy atom. The lowest BCUT2D eigenvalue weighted by atomic mass is 10.1. The van der Waals surface area contributed by atoms with Crippen molar-refractivity contribution in [2.24, 2.45) is 20.5 Å². The Morgan fingerprint density at radius 3 is 1.90 bits per heavy atom. The number of halogens is 2. The van der Waals surface area contributed by atoms with Crippen LogP contribution in [0.4, 0.5) is 34.1 Å². The van der Waals surface area contributed by atoms with Crippen LogP contribution < -0.4 is 10.6 Å². The number of carbonyl (C=O) groups excluding carboxylic acids is 2. The van der Waals surface area contributed by atoms with Crippen molar-refractivity contribution < 1.29 is 75.0 Å². The number of fused-ring (bicyclic) bond motifs is 2. The van der Waals surface area contributed by atoms with Crippen molar-refractivity contribution in [2.75, 3.05) is 10.6 Å². The highest BCUT2D eigenvalue weighted by molar-refractivity contribution is 7.95. The van der Waals surface area contributed by atoms with Gasteiger partial charge in [0.1, 0.15) is 16.3 Å². The van der Waals surface area contributed by atoms with Crippen LogP contribution in [0.1, 0.15) is 31.8 Å². The van der Waals surface area contributed by atoms with Gasteiger partial charge in [0.05, 0.1) is 77.8 Å². The number of aromatic hydroxyl groups is 2. The average molecular weight is 1070 g/mol. The van der Waals surface area contributed by atoms with Crippen LogP contribution in [0.2, 0.25) is 10.0 Å². The lowest BCUT2D eigenvalue weighted by molar-refractivity contribution is -0.432. The smallest absolute Gasteiger partial charge is 0.296 e. The molecule has 0 radical (unpaired) electrons. The molecule has 0 bridgehead atoms. The summed E-state index contributed by atoms with van der Waals surface area (Å²) in [4.78, 5) is 28.9. The molecule has 0 spiro atoms. The number of anilines is 2. The molecular weight excluding hydrogens is 1050 g/mol. The van der Waals surface area contributed by atoms with Crippen molar-refractivity contribution in [3.05, 3.63) is 124 Å². The third-order valence-electron chi connectivity index (χ3n) is 9.78. The molecule has 0 fully saturated rings. The second-order valence-corrected chi connectivity index (χ2v) is 19.4. The van der Waals surface area contributed by atoms with Gasteiger partial charge in [-0.1, -0.05) is 39.3 Å². The molecule has 0 saturated heterocycles. The molecule has 7 aromatic rings. The molecular formula is C41H29Cl2N7O16S4. The number of pyridine rings is 1. The number of nitrogens with one attached hydrogen (secondary N) is 2. The molecule has 2 amide bonds. The molecule has 0 aliphatic rings. The van der Waals surface area contributed by atoms with Crippen LogP contribution >= 0.6 is 47.3 Å². The lowest BCUT2D eigenvalue weighted by Gasteiger charge is -2.15. The fourth-order valence-corrected chi connectivity index (χ4v) is 9.18. The summed E-state index contributed by atoms with van der Waals surface area (Å²) >= 11 is 13.1. The number of carbonyl (C=O) groups is 2. The molecule has 23 nitrogen and oxygen atoms in total. The fourth-order valence-electron chi connectivity index (χ4n) is 6.64. The summed E-state index contributed by atoms with van der Waals surface area (Å²) in [6.07, 6.45) is 2.65. The first-order valence-corrected chi connectivity index (χ1v) is 24.2. The Morgan fingerprint density at radius 2 is 1.29 bits per heavy atom. The normalized spacial score (nSPS) is 12.1. The van der Waals surface area contributed by atoms with E-state index in [0.717, 1.165) is 18.2 Å². The van der Waals surface area contributed by atoms with Crippen LogP contribution in [0.25, 0.3) is 21.5 Å². The maximum Gasteiger partial charge on any atom is 0.296 e. The van der Waals surface area contributed by atoms with Gasteiger partial charge in [-0.3, -0.25) is 23.7 Å². The molecule has 0 aliphatic carbocycles. The van der Waals surface area contributed by atoms with E-state index in [4.69, 9.17) is 33.7 Å². The number of phenols is 2. The van der Waals surface area contributed by atoms with Crippen molar-refractivity contribution in [1.82, 2.24) is 4.98 Å². The zero-order valence-corrected chi connectivity index (χ0v) is 39.8. The molecule has 0 atom stereocenters. The van der Waals surface area contributed by atoms with E-state index in [1.54, 1.807) is 13.8 Å². The average Bonchev–Trinajstić information content (AvgIpc) is 3.30. The molecule has 0 aliphatic heterocycles. The van der Waals surface area contributed by atoms with Gasteiger partial charge in [-0.05, 0) is 109 Å². The van der Waals surface area contributed by atoms with E-state index in [-0.39, 0.29) is 80.9 Å². The number of nitrogens with zero attached hydrogens (tertiary/aromatic N) is 5. The zero-order valence-electron chi connectivity index (χ0n) is 35.1. The summed E-state index contributed by atoms with van der Waals surface area (Å²) in [5.74, 6) is -3.14. The minimum atomic E-state index is -5.16. The van der Waals surface area contributed by atoms with Gasteiger partial charge in [0.25, 0.3) is 32.1 Å². The number of hydrogen-bond donors (Lipinski definition) is 8. The topological polar surface area (TPSA) is 347 Å². The van der Waals surface area contributed by atoms with E-state index in [2.05, 4.69) is 54.8 Å². The molecule has 1 aromatic heterocycles. The largest absolute Gasteiger partial charge is 0.505 e. The lowest BCUT2D eigenvalue weighted by Crippen LogP contribution is -2.13. The first-order chi connectivity index (χ1) is 33.2. The van der Waals surface area contributed by atoms with Crippen molar-refractivity contribution >= 4 is 135 Å². The zero-order chi connectivity index (χ0) is 50.7. The van der Waals surface area contributed by atoms with Gasteiger partial charge >= 0.3 is 0 Å². The van der Waals surface area contributed by atoms with E-state index in [1.165, 1.54) is 73.1 Å². The van der Waals surface area contributed by atoms with Crippen LogP contribution in [-0.4, -0.2) is 63.5 Å². The molecule has 0 unspecified atom stereocenters. The standard InChI is InChI=1S/C41H29Cl2N7O16S4/c1-18-10-28(48-50-37-32(70(60,61)62)14-21-11-23(67-65-63-55)15-29(33(21)39(37)52)46-41(54)25-6-3-7-26(42)35(25)43)19(2)9-27(18)47-49-36-31(68-66-64-56)13-22-12-24(69(57,58)59)16-30(34(22)38(36)51)45-40(53)20-5-4-8-44-17-20/h3-17,51-52,55-56H,1-2H3,(H,45,53)(H,46,54)(H,57,58,59)(H,60,61,62). The van der Waals surface area contributed by atoms with Crippen molar-refractivity contribution in [3.63, 3.8) is 0 Å². The Kier molecular flexibility index (Phi) is 15.6. The SMILES string of the molecule is Cc1cc(N=Nc2c(S(=O)(=O)O)cc3cc(SOOO)cc(NC(=O)c4cccc(Cl)c4Cl)c3c2O)c(C)cc1N=Nc1c(SOOO)cc2cc(S(=O)(=O)O)cc(NC(=O)c3cccnc3)c2c1O. The van der Waals surface area contributed by atoms with E-state index < -0.39 is 59.0 Å². The molecule has 362 valence electrons. The number of rotatable bonds is 16. The molecule has 0 saturated carbocycles. The monoisotopic (exact) mass is 1070 g/mol. The highest BCUT2D eigenvalue weighted by Gasteiger charge is 2.27. The van der Waals surface area contributed by atoms with Crippen LogP contribution in [0.3, 0.4) is 0 Å². The number of benzene rings is 6. The predicted molar refractivity (Wildman–Crippen MR) is 253 cm³/mol. The Labute approximate surface area is 412 Å². The summed E-state index contributed by atoms with van der Waals surface area (Å²) in [5.41, 5.74) is -0.674. The molecule has 8 N–H and O–H groups in total. The predicted octanol–water partition coefficient (Wildman–Crippen LogP) is 11.4. The van der Waals surface area contributed by atoms with Gasteiger partial charge < -0.3 is 20.8 Å². The Hall–Kier alpha value is -6.41. The van der Waals surface area contributed by atoms with Gasteiger partial charge in [-0.15, -0.1) is 18.9 Å². The first kappa shape index (κ1) is 51.4. The number of aromatic nitrogens is 1. The molecule has 7 rings (SSSR count). The van der Waals surface area contributed by atoms with E-state index in [0.29, 0.717) is 35.2 Å². The Bertz CT molecular complexity index is 3560. The maximum absolute atomic E-state index is 13.5. The quantitative estimate of drug-likeness (QED) is 0.0146. The second kappa shape index (κ2) is 21.3. The molecule has 29 heteroatoms. The van der Waals surface area contributed by atoms with Gasteiger partial charge in [0.15, 0.2) is 11.5 Å². The van der Waals surface area contributed by atoms with Gasteiger partial charge in [-0.25, -0.2) is 10.5 Å². The summed E-state index contributed by atoms with van der Waals surface area (Å²) in [7, 11) is -10.0. The molecule has 1 heterocycles. The van der Waals surface area contributed by atoms with Crippen molar-refractivity contribution in [3.8, 4) is 11.5 Å². The summed E-state index contributed by atoms with van der Waals surface area (Å²) < 4.78 is 79.4. The van der Waals surface area contributed by atoms with Crippen molar-refractivity contribution in [1.29, 1.82) is 0 Å². The van der Waals surface area contributed by atoms with Crippen LogP contribution in [0, 0.1) is 13.8 Å². The van der Waals surface area contributed by atoms with Gasteiger partial charge in [0, 0.05) is 28.1 Å². The van der Waals surface area contributed by atoms with E-state index in [1.807, 2.05) is 0 Å². The first-order valence-electron chi connectivity index (χ1n) is 19.0. The van der Waals surface area contributed by atoms with Crippen molar-refractivity contribution in [2.45, 2.75) is 33.4 Å². The third kappa shape index (κ3) is 11.3. The molecule has 70 heavy (non-hydrogen) atoms. The summed E-state index contributed by atoms with van der Waals surface area (Å²) in [6.45, 7) is 3.11. The van der Waals surface area contributed by atoms with Gasteiger partial charge in [0.2, 0.25) is 0 Å². The highest BCUT2D eigenvalue weighted by atomic mass is 35.5. The third-order valence-corrected chi connectivity index (χ3v) is 13.5. The Balaban J connectivity index is 1.30. The molecule has 6 aromatic carbocycles. The summed E-state index contributed by atoms with van der Waals surface area (Å²) in [5, 5.41) is 69.6. The van der Waals surface area contributed by atoms with Gasteiger partial charge in [-0.2, -0.15) is 27.1 Å². The van der Waals surface area contributed by atoms with E-state index in [9.17, 15) is 45.7 Å². The van der Waals surface area contributed by atoms with Crippen LogP contribution in [0.15, 0.2) is 131 Å². The van der Waals surface area contributed by atoms with Crippen LogP contribution in [-0.2, 0) is 39.0 Å². The number of hydrogen-bond acceptors (Lipinski definition) is 21. The number of aryl methyl sites for hydroxylation is 2. The summed E-state index contributed by atoms with van der Waals surface area (Å²) in [6, 6.07) is 16.7.